The minimum atomic E-state index is -0.0268. The van der Waals surface area contributed by atoms with E-state index < -0.39 is 0 Å². The third-order valence-corrected chi connectivity index (χ3v) is 4.05. The third-order valence-electron chi connectivity index (χ3n) is 4.05. The number of likely N-dealkylation sites (tertiary alicyclic amines) is 1. The molecule has 1 atom stereocenters. The Kier molecular flexibility index (Phi) is 4.18. The summed E-state index contributed by atoms with van der Waals surface area (Å²) < 4.78 is 1.92. The molecule has 0 N–H and O–H groups in total. The van der Waals surface area contributed by atoms with E-state index in [4.69, 9.17) is 0 Å². The van der Waals surface area contributed by atoms with Gasteiger partial charge in [-0.25, -0.2) is 4.98 Å². The predicted molar refractivity (Wildman–Crippen MR) is 82.4 cm³/mol. The lowest BCUT2D eigenvalue weighted by Crippen LogP contribution is -2.46. The van der Waals surface area contributed by atoms with Crippen LogP contribution in [0.25, 0.3) is 0 Å². The molecule has 0 aliphatic carbocycles. The monoisotopic (exact) mass is 299 g/mol. The number of aromatic nitrogens is 4. The van der Waals surface area contributed by atoms with E-state index in [1.165, 1.54) is 0 Å². The van der Waals surface area contributed by atoms with Gasteiger partial charge in [-0.15, -0.1) is 0 Å². The summed E-state index contributed by atoms with van der Waals surface area (Å²) in [6.07, 6.45) is 10.3. The molecule has 0 aromatic carbocycles. The predicted octanol–water partition coefficient (Wildman–Crippen LogP) is 1.98. The number of hydrogen-bond donors (Lipinski definition) is 0. The first-order chi connectivity index (χ1) is 10.6. The molecule has 3 rings (SSSR count). The van der Waals surface area contributed by atoms with Gasteiger partial charge in [0.15, 0.2) is 0 Å². The zero-order valence-corrected chi connectivity index (χ0v) is 13.1. The highest BCUT2D eigenvalue weighted by molar-refractivity contribution is 5.92. The quantitative estimate of drug-likeness (QED) is 0.869. The Morgan fingerprint density at radius 3 is 2.77 bits per heavy atom. The minimum absolute atomic E-state index is 0.0268. The molecule has 2 aromatic rings. The fourth-order valence-electron chi connectivity index (χ4n) is 2.89. The first-order valence-corrected chi connectivity index (χ1v) is 7.72. The van der Waals surface area contributed by atoms with E-state index in [2.05, 4.69) is 15.1 Å². The molecular weight excluding hydrogens is 278 g/mol. The van der Waals surface area contributed by atoms with E-state index in [9.17, 15) is 4.79 Å². The van der Waals surface area contributed by atoms with Crippen molar-refractivity contribution in [2.75, 3.05) is 6.54 Å². The van der Waals surface area contributed by atoms with Gasteiger partial charge in [-0.1, -0.05) is 0 Å². The van der Waals surface area contributed by atoms with Crippen LogP contribution in [-0.2, 0) is 6.54 Å². The Hall–Kier alpha value is -2.24. The van der Waals surface area contributed by atoms with Crippen molar-refractivity contribution in [1.82, 2.24) is 24.6 Å². The van der Waals surface area contributed by atoms with Gasteiger partial charge in [0, 0.05) is 18.9 Å². The van der Waals surface area contributed by atoms with Crippen molar-refractivity contribution in [2.24, 2.45) is 0 Å². The molecule has 0 bridgehead atoms. The van der Waals surface area contributed by atoms with Crippen LogP contribution in [0.2, 0.25) is 0 Å². The van der Waals surface area contributed by atoms with Gasteiger partial charge in [0.05, 0.1) is 30.7 Å². The van der Waals surface area contributed by atoms with Gasteiger partial charge in [-0.05, 0) is 38.7 Å². The van der Waals surface area contributed by atoms with E-state index in [-0.39, 0.29) is 11.9 Å². The number of amides is 1. The third kappa shape index (κ3) is 3.16. The van der Waals surface area contributed by atoms with Crippen LogP contribution in [0, 0.1) is 13.8 Å². The Balaban J connectivity index is 1.76. The van der Waals surface area contributed by atoms with Gasteiger partial charge in [0.1, 0.15) is 5.69 Å². The number of nitrogens with zero attached hydrogens (tertiary/aromatic N) is 5. The van der Waals surface area contributed by atoms with Crippen molar-refractivity contribution >= 4 is 5.91 Å². The highest BCUT2D eigenvalue weighted by atomic mass is 16.2. The van der Waals surface area contributed by atoms with Gasteiger partial charge >= 0.3 is 0 Å². The topological polar surface area (TPSA) is 63.9 Å². The van der Waals surface area contributed by atoms with Crippen LogP contribution in [0.1, 0.15) is 41.0 Å². The van der Waals surface area contributed by atoms with Crippen LogP contribution in [0.5, 0.6) is 0 Å². The van der Waals surface area contributed by atoms with Gasteiger partial charge in [-0.2, -0.15) is 5.10 Å². The zero-order valence-electron chi connectivity index (χ0n) is 13.1. The molecule has 0 unspecified atom stereocenters. The summed E-state index contributed by atoms with van der Waals surface area (Å²) in [7, 11) is 0. The fraction of sp³-hybridized carbons (Fsp3) is 0.500. The molecule has 1 amide bonds. The summed E-state index contributed by atoms with van der Waals surface area (Å²) in [5.74, 6) is -0.0268. The van der Waals surface area contributed by atoms with Gasteiger partial charge < -0.3 is 4.90 Å². The molecule has 0 radical (unpaired) electrons. The summed E-state index contributed by atoms with van der Waals surface area (Å²) in [6, 6.07) is 0.170. The maximum Gasteiger partial charge on any atom is 0.274 e. The largest absolute Gasteiger partial charge is 0.332 e. The molecule has 1 aliphatic rings. The van der Waals surface area contributed by atoms with E-state index >= 15 is 0 Å². The van der Waals surface area contributed by atoms with Crippen molar-refractivity contribution in [3.63, 3.8) is 0 Å². The number of hydrogen-bond acceptors (Lipinski definition) is 4. The fourth-order valence-corrected chi connectivity index (χ4v) is 2.89. The van der Waals surface area contributed by atoms with Crippen LogP contribution in [0.15, 0.2) is 24.8 Å². The van der Waals surface area contributed by atoms with Crippen molar-refractivity contribution in [3.8, 4) is 0 Å². The van der Waals surface area contributed by atoms with E-state index in [1.54, 1.807) is 12.4 Å². The Morgan fingerprint density at radius 2 is 2.09 bits per heavy atom. The minimum Gasteiger partial charge on any atom is -0.332 e. The molecule has 22 heavy (non-hydrogen) atoms. The normalized spacial score (nSPS) is 18.5. The summed E-state index contributed by atoms with van der Waals surface area (Å²) >= 11 is 0. The molecule has 3 heterocycles. The smallest absolute Gasteiger partial charge is 0.274 e. The van der Waals surface area contributed by atoms with Crippen molar-refractivity contribution in [2.45, 2.75) is 45.7 Å². The summed E-state index contributed by atoms with van der Waals surface area (Å²) in [5.41, 5.74) is 2.38. The Morgan fingerprint density at radius 1 is 1.23 bits per heavy atom. The number of aryl methyl sites for hydroxylation is 2. The zero-order chi connectivity index (χ0) is 15.5. The molecule has 1 saturated heterocycles. The van der Waals surface area contributed by atoms with Crippen molar-refractivity contribution < 1.29 is 4.79 Å². The van der Waals surface area contributed by atoms with Crippen LogP contribution in [0.3, 0.4) is 0 Å². The summed E-state index contributed by atoms with van der Waals surface area (Å²) in [6.45, 7) is 5.40. The van der Waals surface area contributed by atoms with Gasteiger partial charge in [0.25, 0.3) is 5.91 Å². The van der Waals surface area contributed by atoms with Crippen molar-refractivity contribution in [3.05, 3.63) is 41.7 Å². The number of carbonyl (C=O) groups is 1. The van der Waals surface area contributed by atoms with Crippen LogP contribution < -0.4 is 0 Å². The molecule has 116 valence electrons. The maximum atomic E-state index is 12.7. The highest BCUT2D eigenvalue weighted by Gasteiger charge is 2.28. The SMILES string of the molecule is Cc1cnn(C[C@@H]2CCCCN2C(=O)c2cnc(C)cn2)c1. The Labute approximate surface area is 130 Å². The first-order valence-electron chi connectivity index (χ1n) is 7.72. The van der Waals surface area contributed by atoms with Gasteiger partial charge in [0.2, 0.25) is 0 Å². The van der Waals surface area contributed by atoms with Crippen LogP contribution in [0.4, 0.5) is 0 Å². The van der Waals surface area contributed by atoms with Crippen molar-refractivity contribution in [1.29, 1.82) is 0 Å². The maximum absolute atomic E-state index is 12.7. The lowest BCUT2D eigenvalue weighted by Gasteiger charge is -2.35. The summed E-state index contributed by atoms with van der Waals surface area (Å²) in [5, 5.41) is 4.34. The molecular formula is C16H21N5O. The Bertz CT molecular complexity index is 649. The second-order valence-corrected chi connectivity index (χ2v) is 5.93. The van der Waals surface area contributed by atoms with Gasteiger partial charge in [-0.3, -0.25) is 14.5 Å². The second kappa shape index (κ2) is 6.25. The average molecular weight is 299 g/mol. The van der Waals surface area contributed by atoms with E-state index in [0.717, 1.165) is 43.6 Å². The molecule has 6 heteroatoms. The molecule has 0 spiro atoms. The molecule has 1 aliphatic heterocycles. The number of piperidine rings is 1. The van der Waals surface area contributed by atoms with Crippen LogP contribution in [-0.4, -0.2) is 43.1 Å². The molecule has 6 nitrogen and oxygen atoms in total. The lowest BCUT2D eigenvalue weighted by molar-refractivity contribution is 0.0577. The first kappa shape index (κ1) is 14.7. The molecule has 2 aromatic heterocycles. The lowest BCUT2D eigenvalue weighted by atomic mass is 10.0. The van der Waals surface area contributed by atoms with Crippen LogP contribution >= 0.6 is 0 Å². The standard InChI is InChI=1S/C16H21N5O/c1-12-7-19-20(10-12)11-14-5-3-4-6-21(14)16(22)15-9-17-13(2)8-18-15/h7-10,14H,3-6,11H2,1-2H3/t14-/m0/s1. The van der Waals surface area contributed by atoms with E-state index in [0.29, 0.717) is 5.69 Å². The number of rotatable bonds is 3. The number of carbonyl (C=O) groups excluding carboxylic acids is 1. The molecule has 0 saturated carbocycles. The van der Waals surface area contributed by atoms with E-state index in [1.807, 2.05) is 35.8 Å². The summed E-state index contributed by atoms with van der Waals surface area (Å²) in [4.78, 5) is 23.0. The average Bonchev–Trinajstić information content (AvgIpc) is 2.93. The highest BCUT2D eigenvalue weighted by Crippen LogP contribution is 2.20. The molecule has 1 fully saturated rings. The second-order valence-electron chi connectivity index (χ2n) is 5.93.